The number of hydrogen-bond acceptors (Lipinski definition) is 5. The zero-order valence-electron chi connectivity index (χ0n) is 16.9. The number of aliphatic hydroxyl groups is 2. The molecule has 0 bridgehead atoms. The summed E-state index contributed by atoms with van der Waals surface area (Å²) < 4.78 is 0. The summed E-state index contributed by atoms with van der Waals surface area (Å²) in [5, 5.41) is 17.9. The van der Waals surface area contributed by atoms with Crippen LogP contribution in [0.3, 0.4) is 0 Å². The largest absolute Gasteiger partial charge is 0.368 e. The molecule has 0 fully saturated rings. The molecular formula is C24H29NO2S2. The molecule has 2 N–H and O–H groups in total. The molecule has 0 radical (unpaired) electrons. The molecule has 0 aliphatic rings. The zero-order valence-corrected chi connectivity index (χ0v) is 18.5. The SMILES string of the molecule is CSC(CC(O)O)c1ccccc1.CSCN(c1ccccc1)c1ccccc1. The van der Waals surface area contributed by atoms with Gasteiger partial charge in [-0.1, -0.05) is 66.7 Å². The first-order chi connectivity index (χ1) is 14.2. The van der Waals surface area contributed by atoms with Gasteiger partial charge < -0.3 is 15.1 Å². The Kier molecular flexibility index (Phi) is 10.7. The molecule has 0 aliphatic carbocycles. The molecule has 3 rings (SSSR count). The van der Waals surface area contributed by atoms with Crippen molar-refractivity contribution in [1.29, 1.82) is 0 Å². The molecule has 0 amide bonds. The maximum atomic E-state index is 8.86. The molecule has 3 aromatic rings. The topological polar surface area (TPSA) is 43.7 Å². The summed E-state index contributed by atoms with van der Waals surface area (Å²) in [4.78, 5) is 2.31. The number of para-hydroxylation sites is 2. The quantitative estimate of drug-likeness (QED) is 0.436. The van der Waals surface area contributed by atoms with E-state index in [-0.39, 0.29) is 5.25 Å². The van der Waals surface area contributed by atoms with Crippen LogP contribution in [0.4, 0.5) is 11.4 Å². The first-order valence-corrected chi connectivity index (χ1v) is 12.1. The molecule has 0 spiro atoms. The van der Waals surface area contributed by atoms with Crippen LogP contribution >= 0.6 is 23.5 Å². The predicted octanol–water partition coefficient (Wildman–Crippen LogP) is 5.94. The van der Waals surface area contributed by atoms with Crippen LogP contribution in [0.2, 0.25) is 0 Å². The fraction of sp³-hybridized carbons (Fsp3) is 0.250. The Bertz CT molecular complexity index is 746. The van der Waals surface area contributed by atoms with E-state index < -0.39 is 6.29 Å². The first kappa shape index (κ1) is 23.4. The second kappa shape index (κ2) is 13.3. The Morgan fingerprint density at radius 3 is 1.55 bits per heavy atom. The van der Waals surface area contributed by atoms with Crippen molar-refractivity contribution in [3.05, 3.63) is 96.6 Å². The molecule has 0 heterocycles. The van der Waals surface area contributed by atoms with Crippen molar-refractivity contribution in [3.63, 3.8) is 0 Å². The van der Waals surface area contributed by atoms with Crippen LogP contribution in [0.5, 0.6) is 0 Å². The van der Waals surface area contributed by atoms with E-state index in [4.69, 9.17) is 10.2 Å². The van der Waals surface area contributed by atoms with E-state index in [1.165, 1.54) is 11.4 Å². The van der Waals surface area contributed by atoms with E-state index in [0.717, 1.165) is 11.4 Å². The lowest BCUT2D eigenvalue weighted by molar-refractivity contribution is -0.0452. The van der Waals surface area contributed by atoms with Crippen LogP contribution in [0.25, 0.3) is 0 Å². The van der Waals surface area contributed by atoms with Crippen LogP contribution in [0, 0.1) is 0 Å². The molecule has 1 unspecified atom stereocenters. The molecule has 0 aliphatic heterocycles. The highest BCUT2D eigenvalue weighted by molar-refractivity contribution is 7.99. The van der Waals surface area contributed by atoms with Crippen LogP contribution in [0.1, 0.15) is 17.2 Å². The highest BCUT2D eigenvalue weighted by atomic mass is 32.2. The highest BCUT2D eigenvalue weighted by Crippen LogP contribution is 2.30. The Morgan fingerprint density at radius 1 is 0.724 bits per heavy atom. The number of hydrogen-bond donors (Lipinski definition) is 2. The monoisotopic (exact) mass is 427 g/mol. The van der Waals surface area contributed by atoms with Gasteiger partial charge in [-0.3, -0.25) is 0 Å². The fourth-order valence-corrected chi connectivity index (χ4v) is 4.22. The van der Waals surface area contributed by atoms with E-state index in [2.05, 4.69) is 59.7 Å². The summed E-state index contributed by atoms with van der Waals surface area (Å²) in [6.07, 6.45) is 3.25. The molecule has 1 atom stereocenters. The van der Waals surface area contributed by atoms with Crippen molar-refractivity contribution in [2.75, 3.05) is 23.3 Å². The molecular weight excluding hydrogens is 398 g/mol. The summed E-state index contributed by atoms with van der Waals surface area (Å²) in [5.41, 5.74) is 3.62. The van der Waals surface area contributed by atoms with Gasteiger partial charge >= 0.3 is 0 Å². The number of rotatable bonds is 8. The summed E-state index contributed by atoms with van der Waals surface area (Å²) in [6.45, 7) is 0. The number of nitrogens with zero attached hydrogens (tertiary/aromatic N) is 1. The van der Waals surface area contributed by atoms with Gasteiger partial charge in [-0.05, 0) is 42.3 Å². The third-order valence-electron chi connectivity index (χ3n) is 4.27. The van der Waals surface area contributed by atoms with Crippen molar-refractivity contribution >= 4 is 34.9 Å². The third-order valence-corrected chi connectivity index (χ3v) is 5.82. The summed E-state index contributed by atoms with van der Waals surface area (Å²) in [6, 6.07) is 30.8. The minimum Gasteiger partial charge on any atom is -0.368 e. The number of benzene rings is 3. The molecule has 0 aromatic heterocycles. The maximum absolute atomic E-state index is 8.86. The van der Waals surface area contributed by atoms with Gasteiger partial charge in [0.15, 0.2) is 6.29 Å². The van der Waals surface area contributed by atoms with Crippen LogP contribution in [-0.2, 0) is 0 Å². The standard InChI is InChI=1S/C14H15NS.C10H14O2S/c1-16-12-15(13-8-4-2-5-9-13)14-10-6-3-7-11-14;1-13-9(7-10(11)12)8-5-3-2-4-6-8/h2-11H,12H2,1H3;2-6,9-12H,7H2,1H3. The first-order valence-electron chi connectivity index (χ1n) is 9.46. The Balaban J connectivity index is 0.000000212. The molecule has 3 aromatic carbocycles. The van der Waals surface area contributed by atoms with Crippen molar-refractivity contribution in [2.24, 2.45) is 0 Å². The fourth-order valence-electron chi connectivity index (χ4n) is 2.87. The van der Waals surface area contributed by atoms with Gasteiger partial charge in [-0.25, -0.2) is 0 Å². The second-order valence-corrected chi connectivity index (χ2v) is 8.24. The smallest absolute Gasteiger partial charge is 0.152 e. The predicted molar refractivity (Wildman–Crippen MR) is 129 cm³/mol. The Hall–Kier alpha value is -1.92. The third kappa shape index (κ3) is 8.15. The molecule has 0 saturated carbocycles. The highest BCUT2D eigenvalue weighted by Gasteiger charge is 2.12. The summed E-state index contributed by atoms with van der Waals surface area (Å²) in [5.74, 6) is 0.966. The number of anilines is 2. The molecule has 0 saturated heterocycles. The maximum Gasteiger partial charge on any atom is 0.152 e. The van der Waals surface area contributed by atoms with Crippen molar-refractivity contribution in [1.82, 2.24) is 0 Å². The van der Waals surface area contributed by atoms with E-state index in [1.54, 1.807) is 11.8 Å². The molecule has 3 nitrogen and oxygen atoms in total. The van der Waals surface area contributed by atoms with E-state index in [9.17, 15) is 0 Å². The number of aliphatic hydroxyl groups excluding tert-OH is 1. The van der Waals surface area contributed by atoms with Crippen molar-refractivity contribution < 1.29 is 10.2 Å². The van der Waals surface area contributed by atoms with Gasteiger partial charge in [0.2, 0.25) is 0 Å². The average Bonchev–Trinajstić information content (AvgIpc) is 2.78. The zero-order chi connectivity index (χ0) is 20.9. The van der Waals surface area contributed by atoms with Crippen molar-refractivity contribution in [3.8, 4) is 0 Å². The molecule has 5 heteroatoms. The van der Waals surface area contributed by atoms with Crippen molar-refractivity contribution in [2.45, 2.75) is 18.0 Å². The van der Waals surface area contributed by atoms with Gasteiger partial charge in [-0.15, -0.1) is 11.8 Å². The Labute approximate surface area is 182 Å². The van der Waals surface area contributed by atoms with Crippen LogP contribution in [0.15, 0.2) is 91.0 Å². The van der Waals surface area contributed by atoms with Gasteiger partial charge in [0.25, 0.3) is 0 Å². The summed E-state index contributed by atoms with van der Waals surface area (Å²) >= 11 is 3.46. The number of thioether (sulfide) groups is 2. The molecule has 154 valence electrons. The van der Waals surface area contributed by atoms with Crippen LogP contribution in [-0.4, -0.2) is 34.9 Å². The van der Waals surface area contributed by atoms with Gasteiger partial charge in [0.05, 0.1) is 5.88 Å². The lowest BCUT2D eigenvalue weighted by atomic mass is 10.1. The summed E-state index contributed by atoms with van der Waals surface area (Å²) in [7, 11) is 0. The Morgan fingerprint density at radius 2 is 1.17 bits per heavy atom. The van der Waals surface area contributed by atoms with Gasteiger partial charge in [0.1, 0.15) is 0 Å². The lowest BCUT2D eigenvalue weighted by Gasteiger charge is -2.23. The lowest BCUT2D eigenvalue weighted by Crippen LogP contribution is -2.15. The normalized spacial score (nSPS) is 11.5. The molecule has 29 heavy (non-hydrogen) atoms. The average molecular weight is 428 g/mol. The van der Waals surface area contributed by atoms with E-state index >= 15 is 0 Å². The second-order valence-electron chi connectivity index (χ2n) is 6.37. The van der Waals surface area contributed by atoms with E-state index in [0.29, 0.717) is 6.42 Å². The van der Waals surface area contributed by atoms with Gasteiger partial charge in [-0.2, -0.15) is 11.8 Å². The van der Waals surface area contributed by atoms with Crippen LogP contribution < -0.4 is 4.90 Å². The van der Waals surface area contributed by atoms with Gasteiger partial charge in [0, 0.05) is 23.0 Å². The minimum absolute atomic E-state index is 0.168. The minimum atomic E-state index is -1.22. The van der Waals surface area contributed by atoms with E-state index in [1.807, 2.05) is 60.5 Å².